The molecule has 0 unspecified atom stereocenters. The van der Waals surface area contributed by atoms with Crippen molar-refractivity contribution in [2.24, 2.45) is 0 Å². The van der Waals surface area contributed by atoms with Gasteiger partial charge in [0.05, 0.1) is 18.2 Å². The molecule has 1 saturated carbocycles. The molecule has 0 amide bonds. The van der Waals surface area contributed by atoms with Gasteiger partial charge in [-0.1, -0.05) is 19.1 Å². The summed E-state index contributed by atoms with van der Waals surface area (Å²) in [6.07, 6.45) is 4.44. The molecule has 6 heteroatoms. The van der Waals surface area contributed by atoms with Crippen LogP contribution in [0.4, 0.5) is 0 Å². The highest BCUT2D eigenvalue weighted by Crippen LogP contribution is 2.27. The van der Waals surface area contributed by atoms with E-state index in [0.29, 0.717) is 23.7 Å². The van der Waals surface area contributed by atoms with E-state index in [1.54, 1.807) is 0 Å². The van der Waals surface area contributed by atoms with E-state index in [9.17, 15) is 4.79 Å². The molecule has 0 atom stereocenters. The normalized spacial score (nSPS) is 23.7. The fourth-order valence-electron chi connectivity index (χ4n) is 4.23. The first-order chi connectivity index (χ1) is 13.1. The molecule has 6 nitrogen and oxygen atoms in total. The van der Waals surface area contributed by atoms with Crippen LogP contribution in [0.2, 0.25) is 0 Å². The molecule has 2 aliphatic rings. The van der Waals surface area contributed by atoms with E-state index in [-0.39, 0.29) is 6.54 Å². The standard InChI is InChI=1S/C21H30N4O2/c1-2-25(15-21(26)27)20-11-19(12-20)23-18-7-9-24(10-8-18)14-17-5-3-16(13-22)4-6-17/h3-6,18-20,23H,2,7-12,14-15H2,1H3,(H,26,27). The van der Waals surface area contributed by atoms with Crippen molar-refractivity contribution in [1.29, 1.82) is 5.26 Å². The number of nitrogens with zero attached hydrogens (tertiary/aromatic N) is 3. The number of rotatable bonds is 8. The molecule has 1 saturated heterocycles. The number of hydrogen-bond donors (Lipinski definition) is 2. The molecule has 1 aliphatic heterocycles. The van der Waals surface area contributed by atoms with Crippen LogP contribution in [-0.2, 0) is 11.3 Å². The van der Waals surface area contributed by atoms with Crippen molar-refractivity contribution in [3.05, 3.63) is 35.4 Å². The largest absolute Gasteiger partial charge is 0.480 e. The van der Waals surface area contributed by atoms with E-state index in [0.717, 1.165) is 51.9 Å². The van der Waals surface area contributed by atoms with Crippen LogP contribution >= 0.6 is 0 Å². The van der Waals surface area contributed by atoms with Gasteiger partial charge in [-0.15, -0.1) is 0 Å². The minimum atomic E-state index is -0.733. The maximum atomic E-state index is 10.9. The Morgan fingerprint density at radius 1 is 1.26 bits per heavy atom. The fourth-order valence-corrected chi connectivity index (χ4v) is 4.23. The summed E-state index contributed by atoms with van der Waals surface area (Å²) in [7, 11) is 0. The van der Waals surface area contributed by atoms with E-state index in [2.05, 4.69) is 21.2 Å². The molecule has 1 aromatic carbocycles. The Hall–Kier alpha value is -1.94. The minimum Gasteiger partial charge on any atom is -0.480 e. The maximum absolute atomic E-state index is 10.9. The Bertz CT molecular complexity index is 656. The molecule has 1 aromatic rings. The van der Waals surface area contributed by atoms with Gasteiger partial charge in [0, 0.05) is 24.7 Å². The number of piperidine rings is 1. The second-order valence-electron chi connectivity index (χ2n) is 7.80. The lowest BCUT2D eigenvalue weighted by atomic mass is 9.84. The van der Waals surface area contributed by atoms with Crippen molar-refractivity contribution in [2.45, 2.75) is 57.3 Å². The van der Waals surface area contributed by atoms with Gasteiger partial charge in [-0.2, -0.15) is 5.26 Å². The topological polar surface area (TPSA) is 79.6 Å². The van der Waals surface area contributed by atoms with Gasteiger partial charge in [0.1, 0.15) is 0 Å². The van der Waals surface area contributed by atoms with Crippen molar-refractivity contribution in [1.82, 2.24) is 15.1 Å². The highest BCUT2D eigenvalue weighted by Gasteiger charge is 2.35. The van der Waals surface area contributed by atoms with Crippen molar-refractivity contribution in [2.75, 3.05) is 26.2 Å². The van der Waals surface area contributed by atoms with E-state index >= 15 is 0 Å². The summed E-state index contributed by atoms with van der Waals surface area (Å²) >= 11 is 0. The SMILES string of the molecule is CCN(CC(=O)O)C1CC(NC2CCN(Cc3ccc(C#N)cc3)CC2)C1. The smallest absolute Gasteiger partial charge is 0.317 e. The molecule has 146 valence electrons. The molecule has 2 N–H and O–H groups in total. The summed E-state index contributed by atoms with van der Waals surface area (Å²) < 4.78 is 0. The molecule has 3 rings (SSSR count). The van der Waals surface area contributed by atoms with Crippen LogP contribution in [0.3, 0.4) is 0 Å². The van der Waals surface area contributed by atoms with Crippen molar-refractivity contribution < 1.29 is 9.90 Å². The molecule has 0 spiro atoms. The second-order valence-corrected chi connectivity index (χ2v) is 7.80. The average molecular weight is 370 g/mol. The zero-order valence-electron chi connectivity index (χ0n) is 16.1. The third-order valence-corrected chi connectivity index (χ3v) is 5.92. The summed E-state index contributed by atoms with van der Waals surface area (Å²) in [5.41, 5.74) is 1.98. The maximum Gasteiger partial charge on any atom is 0.317 e. The fraction of sp³-hybridized carbons (Fsp3) is 0.619. The number of likely N-dealkylation sites (N-methyl/N-ethyl adjacent to an activating group) is 1. The zero-order valence-corrected chi connectivity index (χ0v) is 16.1. The van der Waals surface area contributed by atoms with Crippen LogP contribution in [0, 0.1) is 11.3 Å². The van der Waals surface area contributed by atoms with Crippen LogP contribution in [0.5, 0.6) is 0 Å². The number of benzene rings is 1. The predicted molar refractivity (Wildman–Crippen MR) is 104 cm³/mol. The minimum absolute atomic E-state index is 0.154. The molecule has 27 heavy (non-hydrogen) atoms. The number of nitriles is 1. The highest BCUT2D eigenvalue weighted by molar-refractivity contribution is 5.69. The van der Waals surface area contributed by atoms with Gasteiger partial charge in [-0.25, -0.2) is 0 Å². The Balaban J connectivity index is 1.35. The number of aliphatic carboxylic acids is 1. The van der Waals surface area contributed by atoms with Crippen molar-refractivity contribution >= 4 is 5.97 Å². The van der Waals surface area contributed by atoms with Gasteiger partial charge >= 0.3 is 5.97 Å². The summed E-state index contributed by atoms with van der Waals surface area (Å²) in [4.78, 5) is 15.5. The van der Waals surface area contributed by atoms with Gasteiger partial charge in [-0.3, -0.25) is 14.6 Å². The van der Waals surface area contributed by atoms with E-state index in [1.807, 2.05) is 31.2 Å². The first kappa shape index (κ1) is 19.8. The lowest BCUT2D eigenvalue weighted by molar-refractivity contribution is -0.139. The van der Waals surface area contributed by atoms with E-state index in [1.165, 1.54) is 5.56 Å². The highest BCUT2D eigenvalue weighted by atomic mass is 16.4. The predicted octanol–water partition coefficient (Wildman–Crippen LogP) is 2.05. The van der Waals surface area contributed by atoms with E-state index < -0.39 is 5.97 Å². The Morgan fingerprint density at radius 3 is 2.48 bits per heavy atom. The Morgan fingerprint density at radius 2 is 1.93 bits per heavy atom. The molecule has 1 heterocycles. The van der Waals surface area contributed by atoms with Gasteiger partial charge in [0.15, 0.2) is 0 Å². The Labute approximate surface area is 161 Å². The number of carbonyl (C=O) groups is 1. The average Bonchev–Trinajstić information content (AvgIpc) is 2.64. The van der Waals surface area contributed by atoms with Gasteiger partial charge in [0.2, 0.25) is 0 Å². The third-order valence-electron chi connectivity index (χ3n) is 5.92. The molecule has 1 aliphatic carbocycles. The van der Waals surface area contributed by atoms with Crippen LogP contribution in [-0.4, -0.2) is 65.2 Å². The quantitative estimate of drug-likeness (QED) is 0.729. The number of nitrogens with one attached hydrogen (secondary N) is 1. The van der Waals surface area contributed by atoms with Crippen LogP contribution in [0.25, 0.3) is 0 Å². The lowest BCUT2D eigenvalue weighted by Gasteiger charge is -2.45. The lowest BCUT2D eigenvalue weighted by Crippen LogP contribution is -2.56. The molecule has 2 fully saturated rings. The molecular formula is C21H30N4O2. The van der Waals surface area contributed by atoms with Crippen molar-refractivity contribution in [3.63, 3.8) is 0 Å². The zero-order chi connectivity index (χ0) is 19.2. The van der Waals surface area contributed by atoms with Gasteiger partial charge < -0.3 is 10.4 Å². The van der Waals surface area contributed by atoms with Crippen LogP contribution < -0.4 is 5.32 Å². The van der Waals surface area contributed by atoms with Crippen LogP contribution in [0.15, 0.2) is 24.3 Å². The first-order valence-corrected chi connectivity index (χ1v) is 10.0. The van der Waals surface area contributed by atoms with Crippen LogP contribution in [0.1, 0.15) is 43.7 Å². The van der Waals surface area contributed by atoms with Gasteiger partial charge in [0.25, 0.3) is 0 Å². The molecule has 0 radical (unpaired) electrons. The number of carboxylic acids is 1. The first-order valence-electron chi connectivity index (χ1n) is 10.0. The molecule has 0 bridgehead atoms. The number of hydrogen-bond acceptors (Lipinski definition) is 5. The number of likely N-dealkylation sites (tertiary alicyclic amines) is 1. The second kappa shape index (κ2) is 9.32. The summed E-state index contributed by atoms with van der Waals surface area (Å²) in [5.74, 6) is -0.733. The van der Waals surface area contributed by atoms with Gasteiger partial charge in [-0.05, 0) is 63.0 Å². The third kappa shape index (κ3) is 5.52. The summed E-state index contributed by atoms with van der Waals surface area (Å²) in [6, 6.07) is 11.6. The molecular weight excluding hydrogens is 340 g/mol. The summed E-state index contributed by atoms with van der Waals surface area (Å²) in [5, 5.41) is 21.7. The number of carboxylic acid groups (broad SMARTS) is 1. The summed E-state index contributed by atoms with van der Waals surface area (Å²) in [6.45, 7) is 6.12. The Kier molecular flexibility index (Phi) is 6.84. The van der Waals surface area contributed by atoms with E-state index in [4.69, 9.17) is 10.4 Å². The van der Waals surface area contributed by atoms with Crippen molar-refractivity contribution in [3.8, 4) is 6.07 Å². The monoisotopic (exact) mass is 370 g/mol. The molecule has 0 aromatic heterocycles.